The third-order valence-electron chi connectivity index (χ3n) is 4.66. The lowest BCUT2D eigenvalue weighted by atomic mass is 9.90. The number of carbonyl (C=O) groups is 2. The number of Topliss-reactive ketones (excluding diaryl/α,β-unsaturated/α-hetero) is 1. The van der Waals surface area contributed by atoms with Crippen molar-refractivity contribution in [1.29, 1.82) is 0 Å². The van der Waals surface area contributed by atoms with Crippen molar-refractivity contribution >= 4 is 11.7 Å². The Balaban J connectivity index is 1.66. The van der Waals surface area contributed by atoms with E-state index in [0.29, 0.717) is 31.6 Å². The Bertz CT molecular complexity index is 821. The number of ketones is 1. The van der Waals surface area contributed by atoms with Gasteiger partial charge in [0.15, 0.2) is 5.78 Å². The number of hydrogen-bond acceptors (Lipinski definition) is 3. The fourth-order valence-corrected chi connectivity index (χ4v) is 3.18. The number of benzene rings is 1. The molecule has 0 N–H and O–H groups in total. The highest BCUT2D eigenvalue weighted by Gasteiger charge is 2.33. The second-order valence-electron chi connectivity index (χ2n) is 6.35. The van der Waals surface area contributed by atoms with Gasteiger partial charge in [-0.1, -0.05) is 6.07 Å². The van der Waals surface area contributed by atoms with Crippen molar-refractivity contribution in [2.45, 2.75) is 19.0 Å². The Morgan fingerprint density at radius 1 is 1.15 bits per heavy atom. The lowest BCUT2D eigenvalue weighted by molar-refractivity contribution is -0.137. The molecule has 138 valence electrons. The average Bonchev–Trinajstić information content (AvgIpc) is 3.06. The minimum absolute atomic E-state index is 0.0104. The highest BCUT2D eigenvalue weighted by molar-refractivity contribution is 5.97. The van der Waals surface area contributed by atoms with Gasteiger partial charge in [0.05, 0.1) is 5.56 Å². The lowest BCUT2D eigenvalue weighted by Gasteiger charge is -2.31. The minimum atomic E-state index is -4.49. The molecule has 1 aliphatic rings. The van der Waals surface area contributed by atoms with Crippen LogP contribution in [0.15, 0.2) is 36.5 Å². The van der Waals surface area contributed by atoms with Gasteiger partial charge in [-0.05, 0) is 37.1 Å². The molecule has 8 heteroatoms. The zero-order chi connectivity index (χ0) is 18.9. The van der Waals surface area contributed by atoms with E-state index in [1.54, 1.807) is 19.3 Å². The van der Waals surface area contributed by atoms with Gasteiger partial charge >= 0.3 is 6.18 Å². The molecular weight excluding hydrogens is 347 g/mol. The standard InChI is InChI=1S/C18H18F3N3O2/c1-23-15(5-8-22-23)16(25)12-6-9-24(10-7-12)17(26)13-3-2-4-14(11-13)18(19,20)21/h2-5,8,11-12H,6-7,9-10H2,1H3. The smallest absolute Gasteiger partial charge is 0.339 e. The highest BCUT2D eigenvalue weighted by atomic mass is 19.4. The quantitative estimate of drug-likeness (QED) is 0.785. The molecule has 0 spiro atoms. The Hall–Kier alpha value is -2.64. The van der Waals surface area contributed by atoms with Gasteiger partial charge in [0.2, 0.25) is 0 Å². The summed E-state index contributed by atoms with van der Waals surface area (Å²) < 4.78 is 40.0. The number of rotatable bonds is 3. The molecule has 0 unspecified atom stereocenters. The molecule has 0 atom stereocenters. The first-order valence-electron chi connectivity index (χ1n) is 8.26. The second-order valence-corrected chi connectivity index (χ2v) is 6.35. The highest BCUT2D eigenvalue weighted by Crippen LogP contribution is 2.30. The number of carbonyl (C=O) groups excluding carboxylic acids is 2. The van der Waals surface area contributed by atoms with Crippen LogP contribution >= 0.6 is 0 Å². The number of aryl methyl sites for hydroxylation is 1. The topological polar surface area (TPSA) is 55.2 Å². The normalized spacial score (nSPS) is 15.9. The Labute approximate surface area is 148 Å². The van der Waals surface area contributed by atoms with E-state index in [4.69, 9.17) is 0 Å². The van der Waals surface area contributed by atoms with Gasteiger partial charge in [-0.2, -0.15) is 18.3 Å². The molecule has 1 saturated heterocycles. The number of alkyl halides is 3. The fourth-order valence-electron chi connectivity index (χ4n) is 3.18. The molecule has 1 aliphatic heterocycles. The molecule has 1 amide bonds. The van der Waals surface area contributed by atoms with E-state index in [0.717, 1.165) is 12.1 Å². The molecule has 2 heterocycles. The Morgan fingerprint density at radius 2 is 1.85 bits per heavy atom. The van der Waals surface area contributed by atoms with Crippen LogP contribution in [-0.4, -0.2) is 39.5 Å². The lowest BCUT2D eigenvalue weighted by Crippen LogP contribution is -2.40. The monoisotopic (exact) mass is 365 g/mol. The van der Waals surface area contributed by atoms with Crippen LogP contribution in [0.3, 0.4) is 0 Å². The molecule has 2 aromatic rings. The second kappa shape index (κ2) is 6.93. The fraction of sp³-hybridized carbons (Fsp3) is 0.389. The molecule has 1 aromatic heterocycles. The predicted molar refractivity (Wildman–Crippen MR) is 87.6 cm³/mol. The van der Waals surface area contributed by atoms with Crippen LogP contribution < -0.4 is 0 Å². The van der Waals surface area contributed by atoms with E-state index in [2.05, 4.69) is 5.10 Å². The van der Waals surface area contributed by atoms with Gasteiger partial charge in [0.1, 0.15) is 5.69 Å². The minimum Gasteiger partial charge on any atom is -0.339 e. The summed E-state index contributed by atoms with van der Waals surface area (Å²) in [6, 6.07) is 6.08. The SMILES string of the molecule is Cn1nccc1C(=O)C1CCN(C(=O)c2cccc(C(F)(F)F)c2)CC1. The van der Waals surface area contributed by atoms with Gasteiger partial charge in [-0.25, -0.2) is 0 Å². The van der Waals surface area contributed by atoms with Crippen molar-refractivity contribution in [3.05, 3.63) is 53.3 Å². The summed E-state index contributed by atoms with van der Waals surface area (Å²) >= 11 is 0. The first-order valence-corrected chi connectivity index (χ1v) is 8.26. The predicted octanol–water partition coefficient (Wildman–Crippen LogP) is 3.17. The van der Waals surface area contributed by atoms with Crippen LogP contribution in [0, 0.1) is 5.92 Å². The first-order chi connectivity index (χ1) is 12.3. The van der Waals surface area contributed by atoms with Crippen molar-refractivity contribution in [2.75, 3.05) is 13.1 Å². The van der Waals surface area contributed by atoms with Gasteiger partial charge < -0.3 is 4.90 Å². The molecule has 1 fully saturated rings. The van der Waals surface area contributed by atoms with E-state index in [1.165, 1.54) is 21.7 Å². The first kappa shape index (κ1) is 18.2. The van der Waals surface area contributed by atoms with E-state index in [1.807, 2.05) is 0 Å². The number of likely N-dealkylation sites (tertiary alicyclic amines) is 1. The average molecular weight is 365 g/mol. The zero-order valence-electron chi connectivity index (χ0n) is 14.2. The third kappa shape index (κ3) is 3.63. The molecule has 0 saturated carbocycles. The number of halogens is 3. The molecular formula is C18H18F3N3O2. The summed E-state index contributed by atoms with van der Waals surface area (Å²) in [6.07, 6.45) is -1.97. The van der Waals surface area contributed by atoms with Gasteiger partial charge in [0.25, 0.3) is 5.91 Å². The zero-order valence-corrected chi connectivity index (χ0v) is 14.2. The maximum Gasteiger partial charge on any atom is 0.416 e. The maximum absolute atomic E-state index is 12.8. The van der Waals surface area contributed by atoms with Crippen molar-refractivity contribution in [1.82, 2.24) is 14.7 Å². The van der Waals surface area contributed by atoms with E-state index >= 15 is 0 Å². The van der Waals surface area contributed by atoms with Crippen LogP contribution in [-0.2, 0) is 13.2 Å². The largest absolute Gasteiger partial charge is 0.416 e. The molecule has 0 bridgehead atoms. The summed E-state index contributed by atoms with van der Waals surface area (Å²) in [5, 5.41) is 3.98. The van der Waals surface area contributed by atoms with Crippen LogP contribution in [0.4, 0.5) is 13.2 Å². The van der Waals surface area contributed by atoms with Crippen molar-refractivity contribution in [3.63, 3.8) is 0 Å². The Morgan fingerprint density at radius 3 is 2.42 bits per heavy atom. The summed E-state index contributed by atoms with van der Waals surface area (Å²) in [5.41, 5.74) is -0.312. The molecule has 1 aromatic carbocycles. The summed E-state index contributed by atoms with van der Waals surface area (Å²) in [5.74, 6) is -0.672. The van der Waals surface area contributed by atoms with Crippen molar-refractivity contribution in [2.24, 2.45) is 13.0 Å². The van der Waals surface area contributed by atoms with E-state index in [-0.39, 0.29) is 17.3 Å². The molecule has 0 radical (unpaired) electrons. The summed E-state index contributed by atoms with van der Waals surface area (Å²) in [6.45, 7) is 0.673. The van der Waals surface area contributed by atoms with Crippen molar-refractivity contribution in [3.8, 4) is 0 Å². The third-order valence-corrected chi connectivity index (χ3v) is 4.66. The number of amides is 1. The van der Waals surface area contributed by atoms with E-state index in [9.17, 15) is 22.8 Å². The van der Waals surface area contributed by atoms with Gasteiger partial charge in [-0.15, -0.1) is 0 Å². The van der Waals surface area contributed by atoms with Crippen LogP contribution in [0.5, 0.6) is 0 Å². The van der Waals surface area contributed by atoms with Crippen LogP contribution in [0.25, 0.3) is 0 Å². The van der Waals surface area contributed by atoms with Crippen LogP contribution in [0.1, 0.15) is 39.3 Å². The van der Waals surface area contributed by atoms with Gasteiger partial charge in [0, 0.05) is 37.8 Å². The van der Waals surface area contributed by atoms with Crippen LogP contribution in [0.2, 0.25) is 0 Å². The maximum atomic E-state index is 12.8. The van der Waals surface area contributed by atoms with Gasteiger partial charge in [-0.3, -0.25) is 14.3 Å². The number of nitrogens with zero attached hydrogens (tertiary/aromatic N) is 3. The van der Waals surface area contributed by atoms with E-state index < -0.39 is 17.6 Å². The molecule has 3 rings (SSSR count). The summed E-state index contributed by atoms with van der Waals surface area (Å²) in [4.78, 5) is 26.5. The molecule has 0 aliphatic carbocycles. The molecule has 26 heavy (non-hydrogen) atoms. The Kier molecular flexibility index (Phi) is 4.84. The van der Waals surface area contributed by atoms with Crippen molar-refractivity contribution < 1.29 is 22.8 Å². The summed E-state index contributed by atoms with van der Waals surface area (Å²) in [7, 11) is 1.69. The number of hydrogen-bond donors (Lipinski definition) is 0. The molecule has 5 nitrogen and oxygen atoms in total. The number of aromatic nitrogens is 2. The number of piperidine rings is 1.